The van der Waals surface area contributed by atoms with E-state index in [0.29, 0.717) is 28.3 Å². The van der Waals surface area contributed by atoms with Crippen molar-refractivity contribution >= 4 is 21.1 Å². The fourth-order valence-corrected chi connectivity index (χ4v) is 7.98. The fraction of sp³-hybridized carbons (Fsp3) is 0.407. The average Bonchev–Trinajstić information content (AvgIpc) is 3.52. The van der Waals surface area contributed by atoms with Gasteiger partial charge in [-0.2, -0.15) is 5.10 Å². The first-order valence-corrected chi connectivity index (χ1v) is 13.4. The Kier molecular flexibility index (Phi) is 4.47. The Morgan fingerprint density at radius 3 is 2.44 bits per heavy atom. The van der Waals surface area contributed by atoms with E-state index in [0.717, 1.165) is 22.9 Å². The molecule has 0 N–H and O–H groups in total. The fourth-order valence-electron chi connectivity index (χ4n) is 6.63. The molecule has 0 spiro atoms. The van der Waals surface area contributed by atoms with Gasteiger partial charge in [0.15, 0.2) is 5.65 Å². The molecular weight excluding hydrogens is 444 g/mol. The maximum absolute atomic E-state index is 13.6. The molecule has 3 aromatic heterocycles. The van der Waals surface area contributed by atoms with Crippen molar-refractivity contribution in [3.05, 3.63) is 66.7 Å². The van der Waals surface area contributed by atoms with Crippen LogP contribution in [-0.4, -0.2) is 27.2 Å². The zero-order valence-electron chi connectivity index (χ0n) is 20.1. The zero-order valence-corrected chi connectivity index (χ0v) is 20.9. The van der Waals surface area contributed by atoms with Crippen LogP contribution in [0.5, 0.6) is 0 Å². The van der Waals surface area contributed by atoms with Crippen LogP contribution < -0.4 is 0 Å². The Labute approximate surface area is 200 Å². The molecule has 0 aliphatic heterocycles. The second-order valence-electron chi connectivity index (χ2n) is 10.9. The molecule has 4 aromatic rings. The molecule has 0 radical (unpaired) electrons. The number of hydrogen-bond donors (Lipinski definition) is 0. The van der Waals surface area contributed by atoms with E-state index in [1.807, 2.05) is 25.5 Å². The van der Waals surface area contributed by atoms with E-state index in [1.165, 1.54) is 22.4 Å². The topological polar surface area (TPSA) is 69.8 Å². The van der Waals surface area contributed by atoms with Crippen molar-refractivity contribution in [2.24, 2.45) is 23.8 Å². The molecule has 2 fully saturated rings. The summed E-state index contributed by atoms with van der Waals surface area (Å²) in [5.74, 6) is 1.07. The van der Waals surface area contributed by atoms with Crippen LogP contribution in [0.2, 0.25) is 0 Å². The number of rotatable bonds is 4. The van der Waals surface area contributed by atoms with Gasteiger partial charge in [-0.05, 0) is 65.7 Å². The van der Waals surface area contributed by atoms with Crippen molar-refractivity contribution in [2.75, 3.05) is 0 Å². The summed E-state index contributed by atoms with van der Waals surface area (Å²) in [4.78, 5) is 5.03. The first-order chi connectivity index (χ1) is 16.1. The van der Waals surface area contributed by atoms with Gasteiger partial charge in [0, 0.05) is 42.2 Å². The molecule has 6 nitrogen and oxygen atoms in total. The maximum Gasteiger partial charge on any atom is 0.269 e. The molecule has 0 amide bonds. The smallest absolute Gasteiger partial charge is 0.269 e. The Hall–Kier alpha value is -2.93. The predicted octanol–water partition coefficient (Wildman–Crippen LogP) is 5.60. The van der Waals surface area contributed by atoms with Crippen molar-refractivity contribution in [1.29, 1.82) is 0 Å². The number of aryl methyl sites for hydroxylation is 1. The highest BCUT2D eigenvalue weighted by atomic mass is 32.2. The first-order valence-electron chi connectivity index (χ1n) is 11.9. The molecule has 6 rings (SSSR count). The van der Waals surface area contributed by atoms with Crippen molar-refractivity contribution < 1.29 is 8.42 Å². The molecule has 3 atom stereocenters. The summed E-state index contributed by atoms with van der Waals surface area (Å²) < 4.78 is 30.2. The lowest BCUT2D eigenvalue weighted by Gasteiger charge is -2.34. The van der Waals surface area contributed by atoms with Crippen LogP contribution >= 0.6 is 0 Å². The van der Waals surface area contributed by atoms with Gasteiger partial charge in [0.1, 0.15) is 0 Å². The molecule has 1 aromatic carbocycles. The number of pyridine rings is 1. The first kappa shape index (κ1) is 21.6. The third-order valence-electron chi connectivity index (χ3n) is 9.02. The number of aromatic nitrogens is 4. The SMILES string of the molecule is Cn1cc(-c2cn(S(=O)(=O)c3ccccc3)c3ncc(C4C[C@]5(C)CCC4C5(C)C)cc23)cn1. The molecule has 7 heteroatoms. The van der Waals surface area contributed by atoms with Crippen molar-refractivity contribution in [3.63, 3.8) is 0 Å². The molecule has 2 aliphatic carbocycles. The summed E-state index contributed by atoms with van der Waals surface area (Å²) in [6.07, 6.45) is 11.0. The highest BCUT2D eigenvalue weighted by molar-refractivity contribution is 7.90. The Morgan fingerprint density at radius 1 is 1.06 bits per heavy atom. The lowest BCUT2D eigenvalue weighted by molar-refractivity contribution is 0.152. The molecule has 2 bridgehead atoms. The summed E-state index contributed by atoms with van der Waals surface area (Å²) in [6.45, 7) is 7.27. The number of benzene rings is 1. The Bertz CT molecular complexity index is 1510. The van der Waals surface area contributed by atoms with E-state index in [2.05, 4.69) is 31.9 Å². The van der Waals surface area contributed by atoms with E-state index in [4.69, 9.17) is 4.98 Å². The van der Waals surface area contributed by atoms with E-state index >= 15 is 0 Å². The van der Waals surface area contributed by atoms with Crippen LogP contribution in [0.15, 0.2) is 66.1 Å². The van der Waals surface area contributed by atoms with E-state index in [9.17, 15) is 8.42 Å². The minimum Gasteiger partial charge on any atom is -0.275 e. The van der Waals surface area contributed by atoms with Crippen molar-refractivity contribution in [1.82, 2.24) is 18.7 Å². The molecule has 2 aliphatic rings. The number of fused-ring (bicyclic) bond motifs is 3. The van der Waals surface area contributed by atoms with E-state index < -0.39 is 10.0 Å². The van der Waals surface area contributed by atoms with Gasteiger partial charge in [0.25, 0.3) is 10.0 Å². The quantitative estimate of drug-likeness (QED) is 0.386. The molecule has 2 unspecified atom stereocenters. The van der Waals surface area contributed by atoms with Gasteiger partial charge in [-0.15, -0.1) is 0 Å². The molecular formula is C27H30N4O2S. The predicted molar refractivity (Wildman–Crippen MR) is 133 cm³/mol. The maximum atomic E-state index is 13.6. The highest BCUT2D eigenvalue weighted by Gasteiger charge is 2.60. The van der Waals surface area contributed by atoms with Gasteiger partial charge in [0.2, 0.25) is 0 Å². The second-order valence-corrected chi connectivity index (χ2v) is 12.8. The average molecular weight is 475 g/mol. The largest absolute Gasteiger partial charge is 0.275 e. The number of nitrogens with zero attached hydrogens (tertiary/aromatic N) is 4. The molecule has 0 saturated heterocycles. The van der Waals surface area contributed by atoms with Crippen LogP contribution in [0.25, 0.3) is 22.2 Å². The molecule has 3 heterocycles. The van der Waals surface area contributed by atoms with Crippen LogP contribution in [-0.2, 0) is 17.1 Å². The third-order valence-corrected chi connectivity index (χ3v) is 10.7. The second kappa shape index (κ2) is 7.04. The monoisotopic (exact) mass is 474 g/mol. The summed E-state index contributed by atoms with van der Waals surface area (Å²) in [5.41, 5.74) is 4.03. The van der Waals surface area contributed by atoms with Crippen LogP contribution in [0, 0.1) is 16.7 Å². The zero-order chi connectivity index (χ0) is 23.9. The van der Waals surface area contributed by atoms with Gasteiger partial charge in [-0.3, -0.25) is 4.68 Å². The van der Waals surface area contributed by atoms with Crippen LogP contribution in [0.1, 0.15) is 51.5 Å². The normalized spacial score (nSPS) is 25.9. The standard InChI is InChI=1S/C27H30N4O2S/c1-26(2)24-10-11-27(26,3)13-22(24)18-12-21-23(19-15-29-30(4)16-19)17-31(25(21)28-14-18)34(32,33)20-8-6-5-7-9-20/h5-9,12,14-17,22,24H,10-11,13H2,1-4H3/t22?,24?,27-/m0/s1. The van der Waals surface area contributed by atoms with Gasteiger partial charge in [-0.25, -0.2) is 17.4 Å². The lowest BCUT2D eigenvalue weighted by Crippen LogP contribution is -2.26. The van der Waals surface area contributed by atoms with Crippen LogP contribution in [0.4, 0.5) is 0 Å². The number of hydrogen-bond acceptors (Lipinski definition) is 4. The molecule has 176 valence electrons. The van der Waals surface area contributed by atoms with E-state index in [1.54, 1.807) is 41.3 Å². The minimum atomic E-state index is -3.79. The Morgan fingerprint density at radius 2 is 1.82 bits per heavy atom. The van der Waals surface area contributed by atoms with Gasteiger partial charge in [0.05, 0.1) is 11.1 Å². The minimum absolute atomic E-state index is 0.248. The summed E-state index contributed by atoms with van der Waals surface area (Å²) in [6, 6.07) is 10.7. The van der Waals surface area contributed by atoms with E-state index in [-0.39, 0.29) is 4.90 Å². The van der Waals surface area contributed by atoms with Crippen molar-refractivity contribution in [2.45, 2.75) is 50.8 Å². The lowest BCUT2D eigenvalue weighted by atomic mass is 9.71. The summed E-state index contributed by atoms with van der Waals surface area (Å²) in [7, 11) is -1.92. The Balaban J connectivity index is 1.54. The molecule has 2 saturated carbocycles. The molecule has 34 heavy (non-hydrogen) atoms. The summed E-state index contributed by atoms with van der Waals surface area (Å²) in [5, 5.41) is 5.18. The van der Waals surface area contributed by atoms with Gasteiger partial charge >= 0.3 is 0 Å². The van der Waals surface area contributed by atoms with Crippen molar-refractivity contribution in [3.8, 4) is 11.1 Å². The summed E-state index contributed by atoms with van der Waals surface area (Å²) >= 11 is 0. The van der Waals surface area contributed by atoms with Gasteiger partial charge < -0.3 is 0 Å². The van der Waals surface area contributed by atoms with Crippen LogP contribution in [0.3, 0.4) is 0 Å². The van der Waals surface area contributed by atoms with Gasteiger partial charge in [-0.1, -0.05) is 39.0 Å². The third kappa shape index (κ3) is 2.89. The highest BCUT2D eigenvalue weighted by Crippen LogP contribution is 2.70.